The fraction of sp³-hybridized carbons (Fsp3) is 0.269. The number of ether oxygens (including phenoxy) is 2. The van der Waals surface area contributed by atoms with E-state index in [0.717, 1.165) is 59.6 Å². The third-order valence-electron chi connectivity index (χ3n) is 6.32. The van der Waals surface area contributed by atoms with E-state index in [0.29, 0.717) is 16.5 Å². The molecule has 0 radical (unpaired) electrons. The minimum absolute atomic E-state index is 0.670. The first kappa shape index (κ1) is 21.6. The van der Waals surface area contributed by atoms with Crippen LogP contribution in [0.2, 0.25) is 5.02 Å². The lowest BCUT2D eigenvalue weighted by Crippen LogP contribution is -2.43. The Labute approximate surface area is 198 Å². The van der Waals surface area contributed by atoms with Gasteiger partial charge in [0.15, 0.2) is 11.5 Å². The second-order valence-corrected chi connectivity index (χ2v) is 8.53. The van der Waals surface area contributed by atoms with Gasteiger partial charge in [0, 0.05) is 56.1 Å². The summed E-state index contributed by atoms with van der Waals surface area (Å²) in [7, 11) is 5.33. The average molecular weight is 463 g/mol. The van der Waals surface area contributed by atoms with E-state index in [9.17, 15) is 0 Å². The SMILES string of the molecule is COc1ccc(-c2c(-c3ccc(N4CCNCC4)cc3)n(C)c3nccc(Cl)c23)cc1OC. The summed E-state index contributed by atoms with van der Waals surface area (Å²) in [5, 5.41) is 5.01. The summed E-state index contributed by atoms with van der Waals surface area (Å²) in [4.78, 5) is 7.06. The Morgan fingerprint density at radius 1 is 0.909 bits per heavy atom. The van der Waals surface area contributed by atoms with Crippen LogP contribution in [0.25, 0.3) is 33.4 Å². The Kier molecular flexibility index (Phi) is 5.87. The predicted octanol–water partition coefficient (Wildman–Crippen LogP) is 4.99. The number of nitrogens with one attached hydrogen (secondary N) is 1. The summed E-state index contributed by atoms with van der Waals surface area (Å²) in [5.74, 6) is 1.36. The molecule has 5 rings (SSSR count). The number of hydrogen-bond acceptors (Lipinski definition) is 5. The van der Waals surface area contributed by atoms with Gasteiger partial charge in [0.1, 0.15) is 5.65 Å². The highest BCUT2D eigenvalue weighted by atomic mass is 35.5. The number of aryl methyl sites for hydroxylation is 1. The zero-order valence-electron chi connectivity index (χ0n) is 19.1. The summed E-state index contributed by atoms with van der Waals surface area (Å²) in [6.07, 6.45) is 1.75. The van der Waals surface area contributed by atoms with Crippen LogP contribution in [0, 0.1) is 0 Å². The lowest BCUT2D eigenvalue weighted by Gasteiger charge is -2.29. The number of pyridine rings is 1. The Morgan fingerprint density at radius 3 is 2.30 bits per heavy atom. The summed E-state index contributed by atoms with van der Waals surface area (Å²) in [5.41, 5.74) is 6.27. The number of rotatable bonds is 5. The van der Waals surface area contributed by atoms with E-state index in [2.05, 4.69) is 44.0 Å². The van der Waals surface area contributed by atoms with Gasteiger partial charge in [-0.1, -0.05) is 29.8 Å². The molecule has 7 heteroatoms. The van der Waals surface area contributed by atoms with Gasteiger partial charge < -0.3 is 24.3 Å². The molecule has 3 heterocycles. The first-order chi connectivity index (χ1) is 16.1. The molecule has 6 nitrogen and oxygen atoms in total. The highest BCUT2D eigenvalue weighted by Gasteiger charge is 2.22. The number of methoxy groups -OCH3 is 2. The molecule has 0 atom stereocenters. The topological polar surface area (TPSA) is 51.5 Å². The summed E-state index contributed by atoms with van der Waals surface area (Å²) >= 11 is 6.72. The molecule has 0 spiro atoms. The molecular weight excluding hydrogens is 436 g/mol. The number of anilines is 1. The molecule has 4 aromatic rings. The molecule has 0 aliphatic carbocycles. The van der Waals surface area contributed by atoms with Gasteiger partial charge in [0.25, 0.3) is 0 Å². The average Bonchev–Trinajstić information content (AvgIpc) is 3.17. The van der Waals surface area contributed by atoms with E-state index in [1.807, 2.05) is 31.3 Å². The fourth-order valence-electron chi connectivity index (χ4n) is 4.67. The lowest BCUT2D eigenvalue weighted by molar-refractivity contribution is 0.355. The van der Waals surface area contributed by atoms with Crippen molar-refractivity contribution in [2.45, 2.75) is 0 Å². The Hall–Kier alpha value is -3.22. The van der Waals surface area contributed by atoms with E-state index in [-0.39, 0.29) is 0 Å². The van der Waals surface area contributed by atoms with Gasteiger partial charge in [-0.15, -0.1) is 0 Å². The standard InChI is InChI=1S/C26H27ClN4O2/c1-30-25(17-4-7-19(8-5-17)31-14-12-28-13-15-31)23(24-20(27)10-11-29-26(24)30)18-6-9-21(32-2)22(16-18)33-3/h4-11,16,28H,12-15H2,1-3H3. The van der Waals surface area contributed by atoms with Crippen LogP contribution in [-0.4, -0.2) is 49.9 Å². The molecule has 0 bridgehead atoms. The third-order valence-corrected chi connectivity index (χ3v) is 6.63. The quantitative estimate of drug-likeness (QED) is 0.453. The number of halogens is 1. The number of aromatic nitrogens is 2. The van der Waals surface area contributed by atoms with Crippen molar-refractivity contribution in [2.75, 3.05) is 45.3 Å². The van der Waals surface area contributed by atoms with Crippen LogP contribution in [0.4, 0.5) is 5.69 Å². The molecule has 2 aromatic carbocycles. The highest BCUT2D eigenvalue weighted by molar-refractivity contribution is 6.37. The molecule has 2 aromatic heterocycles. The molecule has 33 heavy (non-hydrogen) atoms. The number of piperazine rings is 1. The van der Waals surface area contributed by atoms with Crippen LogP contribution in [0.5, 0.6) is 11.5 Å². The van der Waals surface area contributed by atoms with Crippen molar-refractivity contribution < 1.29 is 9.47 Å². The van der Waals surface area contributed by atoms with Gasteiger partial charge >= 0.3 is 0 Å². The molecule has 1 N–H and O–H groups in total. The molecule has 0 unspecified atom stereocenters. The molecule has 1 aliphatic rings. The Morgan fingerprint density at radius 2 is 1.61 bits per heavy atom. The van der Waals surface area contributed by atoms with Crippen LogP contribution in [0.15, 0.2) is 54.7 Å². The maximum Gasteiger partial charge on any atom is 0.161 e. The van der Waals surface area contributed by atoms with Crippen LogP contribution < -0.4 is 19.7 Å². The molecule has 1 aliphatic heterocycles. The van der Waals surface area contributed by atoms with Crippen LogP contribution in [0.3, 0.4) is 0 Å². The zero-order valence-corrected chi connectivity index (χ0v) is 19.8. The van der Waals surface area contributed by atoms with E-state index < -0.39 is 0 Å². The molecule has 1 saturated heterocycles. The van der Waals surface area contributed by atoms with Gasteiger partial charge in [-0.3, -0.25) is 0 Å². The minimum Gasteiger partial charge on any atom is -0.493 e. The zero-order chi connectivity index (χ0) is 22.9. The van der Waals surface area contributed by atoms with Crippen LogP contribution in [-0.2, 0) is 7.05 Å². The largest absolute Gasteiger partial charge is 0.493 e. The summed E-state index contributed by atoms with van der Waals surface area (Å²) < 4.78 is 13.2. The van der Waals surface area contributed by atoms with Crippen LogP contribution in [0.1, 0.15) is 0 Å². The molecule has 170 valence electrons. The van der Waals surface area contributed by atoms with Crippen molar-refractivity contribution in [3.63, 3.8) is 0 Å². The predicted molar refractivity (Wildman–Crippen MR) is 135 cm³/mol. The van der Waals surface area contributed by atoms with Crippen molar-refractivity contribution in [1.82, 2.24) is 14.9 Å². The molecular formula is C26H27ClN4O2. The Balaban J connectivity index is 1.70. The summed E-state index contributed by atoms with van der Waals surface area (Å²) in [6.45, 7) is 4.06. The van der Waals surface area contributed by atoms with Crippen LogP contribution >= 0.6 is 11.6 Å². The van der Waals surface area contributed by atoms with E-state index in [1.54, 1.807) is 20.4 Å². The smallest absolute Gasteiger partial charge is 0.161 e. The lowest BCUT2D eigenvalue weighted by atomic mass is 9.98. The van der Waals surface area contributed by atoms with Gasteiger partial charge in [0.2, 0.25) is 0 Å². The van der Waals surface area contributed by atoms with Crippen molar-refractivity contribution >= 4 is 28.3 Å². The van der Waals surface area contributed by atoms with E-state index in [1.165, 1.54) is 5.69 Å². The molecule has 0 amide bonds. The van der Waals surface area contributed by atoms with E-state index in [4.69, 9.17) is 21.1 Å². The number of benzene rings is 2. The second kappa shape index (κ2) is 8.96. The molecule has 1 fully saturated rings. The van der Waals surface area contributed by atoms with E-state index >= 15 is 0 Å². The normalized spacial score (nSPS) is 14.0. The number of nitrogens with zero attached hydrogens (tertiary/aromatic N) is 3. The van der Waals surface area contributed by atoms with Crippen molar-refractivity contribution in [3.05, 3.63) is 59.8 Å². The van der Waals surface area contributed by atoms with Crippen molar-refractivity contribution in [2.24, 2.45) is 7.05 Å². The summed E-state index contributed by atoms with van der Waals surface area (Å²) in [6, 6.07) is 16.6. The first-order valence-electron chi connectivity index (χ1n) is 11.0. The molecule has 0 saturated carbocycles. The number of fused-ring (bicyclic) bond motifs is 1. The second-order valence-electron chi connectivity index (χ2n) is 8.13. The highest BCUT2D eigenvalue weighted by Crippen LogP contribution is 2.44. The fourth-order valence-corrected chi connectivity index (χ4v) is 4.90. The van der Waals surface area contributed by atoms with Gasteiger partial charge in [-0.2, -0.15) is 0 Å². The Bertz CT molecular complexity index is 1290. The monoisotopic (exact) mass is 462 g/mol. The maximum absolute atomic E-state index is 6.72. The third kappa shape index (κ3) is 3.79. The van der Waals surface area contributed by atoms with Gasteiger partial charge in [0.05, 0.1) is 24.9 Å². The van der Waals surface area contributed by atoms with Gasteiger partial charge in [-0.05, 0) is 41.5 Å². The van der Waals surface area contributed by atoms with Crippen molar-refractivity contribution in [1.29, 1.82) is 0 Å². The maximum atomic E-state index is 6.72. The number of hydrogen-bond donors (Lipinski definition) is 1. The van der Waals surface area contributed by atoms with Gasteiger partial charge in [-0.25, -0.2) is 4.98 Å². The minimum atomic E-state index is 0.670. The van der Waals surface area contributed by atoms with Crippen molar-refractivity contribution in [3.8, 4) is 33.9 Å². The first-order valence-corrected chi connectivity index (χ1v) is 11.4.